The number of nitrogens with one attached hydrogen (secondary N) is 1. The lowest BCUT2D eigenvalue weighted by atomic mass is 9.78. The molecule has 0 aromatic carbocycles. The van der Waals surface area contributed by atoms with Gasteiger partial charge in [0.2, 0.25) is 0 Å². The summed E-state index contributed by atoms with van der Waals surface area (Å²) in [7, 11) is 0. The second-order valence-electron chi connectivity index (χ2n) is 5.05. The summed E-state index contributed by atoms with van der Waals surface area (Å²) in [5.41, 5.74) is 0. The zero-order valence-electron chi connectivity index (χ0n) is 9.99. The van der Waals surface area contributed by atoms with Gasteiger partial charge in [-0.15, -0.1) is 11.3 Å². The Morgan fingerprint density at radius 3 is 2.65 bits per heavy atom. The van der Waals surface area contributed by atoms with Crippen molar-refractivity contribution in [1.29, 1.82) is 0 Å². The summed E-state index contributed by atoms with van der Waals surface area (Å²) in [5.74, 6) is 0.892. The van der Waals surface area contributed by atoms with Crippen molar-refractivity contribution in [3.8, 4) is 0 Å². The van der Waals surface area contributed by atoms with Crippen LogP contribution in [-0.2, 0) is 0 Å². The van der Waals surface area contributed by atoms with Gasteiger partial charge in [-0.2, -0.15) is 0 Å². The molecule has 1 atom stereocenters. The second-order valence-corrected chi connectivity index (χ2v) is 6.86. The largest absolute Gasteiger partial charge is 0.314 e. The summed E-state index contributed by atoms with van der Waals surface area (Å²) in [6.45, 7) is 4.69. The maximum absolute atomic E-state index is 3.72. The third kappa shape index (κ3) is 2.46. The van der Waals surface area contributed by atoms with E-state index in [2.05, 4.69) is 37.6 Å². The molecule has 0 radical (unpaired) electrons. The summed E-state index contributed by atoms with van der Waals surface area (Å²) < 4.78 is 1.32. The van der Waals surface area contributed by atoms with Gasteiger partial charge in [0, 0.05) is 41.6 Å². The van der Waals surface area contributed by atoms with E-state index in [4.69, 9.17) is 0 Å². The summed E-state index contributed by atoms with van der Waals surface area (Å²) in [5, 5.41) is 5.67. The molecule has 1 aromatic heterocycles. The summed E-state index contributed by atoms with van der Waals surface area (Å²) in [4.78, 5) is 4.24. The molecule has 1 saturated heterocycles. The van der Waals surface area contributed by atoms with Crippen molar-refractivity contribution < 1.29 is 0 Å². The van der Waals surface area contributed by atoms with Crippen LogP contribution >= 0.6 is 27.3 Å². The van der Waals surface area contributed by atoms with Crippen LogP contribution in [0.4, 0.5) is 0 Å². The predicted molar refractivity (Wildman–Crippen MR) is 76.5 cm³/mol. The first kappa shape index (κ1) is 12.2. The predicted octanol–water partition coefficient (Wildman–Crippen LogP) is 3.26. The Kier molecular flexibility index (Phi) is 3.85. The highest BCUT2D eigenvalue weighted by Crippen LogP contribution is 2.45. The van der Waals surface area contributed by atoms with E-state index in [-0.39, 0.29) is 0 Å². The van der Waals surface area contributed by atoms with Gasteiger partial charge in [-0.25, -0.2) is 0 Å². The van der Waals surface area contributed by atoms with Crippen molar-refractivity contribution in [3.05, 3.63) is 20.8 Å². The first-order valence-electron chi connectivity index (χ1n) is 6.54. The molecule has 2 fully saturated rings. The molecule has 4 heteroatoms. The van der Waals surface area contributed by atoms with E-state index in [9.17, 15) is 0 Å². The maximum Gasteiger partial charge on any atom is 0.0482 e. The van der Waals surface area contributed by atoms with Crippen LogP contribution in [-0.4, -0.2) is 31.1 Å². The first-order valence-corrected chi connectivity index (χ1v) is 8.21. The van der Waals surface area contributed by atoms with E-state index in [1.165, 1.54) is 36.8 Å². The molecule has 0 bridgehead atoms. The van der Waals surface area contributed by atoms with Crippen LogP contribution in [0.1, 0.15) is 30.2 Å². The average Bonchev–Trinajstić information content (AvgIpc) is 2.71. The highest BCUT2D eigenvalue weighted by atomic mass is 79.9. The minimum absolute atomic E-state index is 0.667. The molecule has 2 aliphatic rings. The fraction of sp³-hybridized carbons (Fsp3) is 0.692. The Balaban J connectivity index is 1.83. The third-order valence-electron chi connectivity index (χ3n) is 4.05. The van der Waals surface area contributed by atoms with Gasteiger partial charge in [-0.05, 0) is 46.1 Å². The van der Waals surface area contributed by atoms with Crippen molar-refractivity contribution in [2.45, 2.75) is 25.3 Å². The molecule has 1 aromatic rings. The maximum atomic E-state index is 3.72. The molecule has 1 saturated carbocycles. The van der Waals surface area contributed by atoms with E-state index >= 15 is 0 Å². The average molecular weight is 315 g/mol. The van der Waals surface area contributed by atoms with Gasteiger partial charge in [0.15, 0.2) is 0 Å². The van der Waals surface area contributed by atoms with Crippen LogP contribution in [0.15, 0.2) is 15.9 Å². The molecule has 2 nitrogen and oxygen atoms in total. The van der Waals surface area contributed by atoms with Gasteiger partial charge in [0.05, 0.1) is 0 Å². The third-order valence-corrected chi connectivity index (χ3v) is 6.00. The van der Waals surface area contributed by atoms with E-state index in [0.717, 1.165) is 19.0 Å². The minimum atomic E-state index is 0.667. The topological polar surface area (TPSA) is 15.3 Å². The van der Waals surface area contributed by atoms with Crippen molar-refractivity contribution in [3.63, 3.8) is 0 Å². The lowest BCUT2D eigenvalue weighted by Crippen LogP contribution is -2.47. The molecular formula is C13H19BrN2S. The molecular weight excluding hydrogens is 296 g/mol. The summed E-state index contributed by atoms with van der Waals surface area (Å²) >= 11 is 5.64. The molecule has 0 spiro atoms. The number of thiophene rings is 1. The van der Waals surface area contributed by atoms with Crippen LogP contribution in [0.5, 0.6) is 0 Å². The highest BCUT2D eigenvalue weighted by molar-refractivity contribution is 9.10. The number of nitrogens with zero attached hydrogens (tertiary/aromatic N) is 1. The van der Waals surface area contributed by atoms with E-state index in [1.807, 2.05) is 11.3 Å². The van der Waals surface area contributed by atoms with Gasteiger partial charge in [0.1, 0.15) is 0 Å². The highest BCUT2D eigenvalue weighted by Gasteiger charge is 2.35. The number of piperazine rings is 1. The first-order chi connectivity index (χ1) is 8.36. The van der Waals surface area contributed by atoms with E-state index < -0.39 is 0 Å². The van der Waals surface area contributed by atoms with Gasteiger partial charge in [0.25, 0.3) is 0 Å². The van der Waals surface area contributed by atoms with Crippen molar-refractivity contribution >= 4 is 27.3 Å². The van der Waals surface area contributed by atoms with Gasteiger partial charge in [-0.1, -0.05) is 6.42 Å². The Bertz CT molecular complexity index is 369. The molecule has 1 N–H and O–H groups in total. The Labute approximate surface area is 116 Å². The normalized spacial score (nSPS) is 24.5. The fourth-order valence-electron chi connectivity index (χ4n) is 2.91. The number of rotatable bonds is 3. The van der Waals surface area contributed by atoms with Crippen LogP contribution < -0.4 is 5.32 Å². The second kappa shape index (κ2) is 5.39. The Morgan fingerprint density at radius 1 is 1.35 bits per heavy atom. The Morgan fingerprint density at radius 2 is 2.12 bits per heavy atom. The molecule has 1 aliphatic heterocycles. The smallest absolute Gasteiger partial charge is 0.0482 e. The van der Waals surface area contributed by atoms with Gasteiger partial charge in [-0.3, -0.25) is 4.90 Å². The van der Waals surface area contributed by atoms with Gasteiger partial charge < -0.3 is 5.32 Å². The Hall–Kier alpha value is 0.1000. The lowest BCUT2D eigenvalue weighted by Gasteiger charge is -2.42. The lowest BCUT2D eigenvalue weighted by molar-refractivity contribution is 0.0856. The molecule has 1 aliphatic carbocycles. The zero-order valence-corrected chi connectivity index (χ0v) is 12.4. The fourth-order valence-corrected chi connectivity index (χ4v) is 4.74. The number of hydrogen-bond donors (Lipinski definition) is 1. The molecule has 17 heavy (non-hydrogen) atoms. The van der Waals surface area contributed by atoms with Crippen LogP contribution in [0, 0.1) is 5.92 Å². The summed E-state index contributed by atoms with van der Waals surface area (Å²) in [6, 6.07) is 2.87. The van der Waals surface area contributed by atoms with Crippen LogP contribution in [0.3, 0.4) is 0 Å². The molecule has 0 amide bonds. The minimum Gasteiger partial charge on any atom is -0.314 e. The quantitative estimate of drug-likeness (QED) is 0.921. The SMILES string of the molecule is Brc1ccsc1[C@@H](C1CCC1)N1CCNCC1. The van der Waals surface area contributed by atoms with Crippen molar-refractivity contribution in [2.75, 3.05) is 26.2 Å². The number of hydrogen-bond acceptors (Lipinski definition) is 3. The van der Waals surface area contributed by atoms with Gasteiger partial charge >= 0.3 is 0 Å². The zero-order chi connectivity index (χ0) is 11.7. The van der Waals surface area contributed by atoms with E-state index in [0.29, 0.717) is 6.04 Å². The standard InChI is InChI=1S/C13H19BrN2S/c14-11-4-9-17-13(11)12(10-2-1-3-10)16-7-5-15-6-8-16/h4,9-10,12,15H,1-3,5-8H2/t12-/m1/s1. The van der Waals surface area contributed by atoms with Crippen LogP contribution in [0.25, 0.3) is 0 Å². The van der Waals surface area contributed by atoms with Crippen molar-refractivity contribution in [1.82, 2.24) is 10.2 Å². The molecule has 94 valence electrons. The van der Waals surface area contributed by atoms with Crippen molar-refractivity contribution in [2.24, 2.45) is 5.92 Å². The summed E-state index contributed by atoms with van der Waals surface area (Å²) in [6.07, 6.45) is 4.26. The van der Waals surface area contributed by atoms with Crippen LogP contribution in [0.2, 0.25) is 0 Å². The number of halogens is 1. The monoisotopic (exact) mass is 314 g/mol. The van der Waals surface area contributed by atoms with E-state index in [1.54, 1.807) is 4.88 Å². The molecule has 3 rings (SSSR count). The molecule has 0 unspecified atom stereocenters. The molecule has 2 heterocycles.